The molecule has 100 valence electrons. The van der Waals surface area contributed by atoms with E-state index in [1.54, 1.807) is 0 Å². The van der Waals surface area contributed by atoms with E-state index in [-0.39, 0.29) is 0 Å². The third kappa shape index (κ3) is 2.43. The Morgan fingerprint density at radius 1 is 1.21 bits per heavy atom. The van der Waals surface area contributed by atoms with Crippen LogP contribution in [0, 0.1) is 0 Å². The third-order valence-electron chi connectivity index (χ3n) is 3.91. The zero-order valence-corrected chi connectivity index (χ0v) is 11.7. The number of benzene rings is 1. The first-order valence-corrected chi connectivity index (χ1v) is 7.07. The first kappa shape index (κ1) is 12.4. The fraction of sp³-hybridized carbons (Fsp3) is 0.438. The fourth-order valence-electron chi connectivity index (χ4n) is 2.97. The smallest absolute Gasteiger partial charge is 0.0840 e. The molecule has 0 amide bonds. The van der Waals surface area contributed by atoms with Crippen LogP contribution in [0.25, 0.3) is 11.1 Å². The van der Waals surface area contributed by atoms with Gasteiger partial charge in [0, 0.05) is 25.4 Å². The first-order valence-electron chi connectivity index (χ1n) is 7.07. The second-order valence-electron chi connectivity index (χ2n) is 5.38. The van der Waals surface area contributed by atoms with Crippen molar-refractivity contribution < 1.29 is 0 Å². The molecule has 1 aromatic heterocycles. The average molecular weight is 255 g/mol. The Morgan fingerprint density at radius 3 is 2.79 bits per heavy atom. The van der Waals surface area contributed by atoms with E-state index in [1.165, 1.54) is 47.9 Å². The second-order valence-corrected chi connectivity index (χ2v) is 5.38. The summed E-state index contributed by atoms with van der Waals surface area (Å²) in [6, 6.07) is 6.92. The molecule has 1 aliphatic carbocycles. The van der Waals surface area contributed by atoms with Crippen LogP contribution >= 0.6 is 0 Å². The van der Waals surface area contributed by atoms with Gasteiger partial charge in [0.2, 0.25) is 0 Å². The topological polar surface area (TPSA) is 29.9 Å². The summed E-state index contributed by atoms with van der Waals surface area (Å²) in [5, 5.41) is 7.74. The molecule has 0 saturated heterocycles. The quantitative estimate of drug-likeness (QED) is 0.914. The number of hydrogen-bond donors (Lipinski definition) is 1. The van der Waals surface area contributed by atoms with E-state index in [1.807, 2.05) is 18.8 Å². The molecule has 0 unspecified atom stereocenters. The van der Waals surface area contributed by atoms with Gasteiger partial charge in [-0.3, -0.25) is 4.68 Å². The highest BCUT2D eigenvalue weighted by Crippen LogP contribution is 2.29. The van der Waals surface area contributed by atoms with Crippen molar-refractivity contribution in [3.63, 3.8) is 0 Å². The summed E-state index contributed by atoms with van der Waals surface area (Å²) in [4.78, 5) is 0. The molecule has 1 aromatic carbocycles. The number of fused-ring (bicyclic) bond motifs is 1. The Bertz CT molecular complexity index is 584. The molecule has 0 radical (unpaired) electrons. The van der Waals surface area contributed by atoms with Gasteiger partial charge in [-0.05, 0) is 49.4 Å². The Labute approximate surface area is 114 Å². The molecule has 2 aromatic rings. The molecule has 0 saturated carbocycles. The van der Waals surface area contributed by atoms with Crippen LogP contribution in [0.2, 0.25) is 0 Å². The number of nitrogens with zero attached hydrogens (tertiary/aromatic N) is 2. The summed E-state index contributed by atoms with van der Waals surface area (Å²) >= 11 is 0. The highest BCUT2D eigenvalue weighted by atomic mass is 15.3. The van der Waals surface area contributed by atoms with Gasteiger partial charge < -0.3 is 5.32 Å². The van der Waals surface area contributed by atoms with Crippen LogP contribution in [-0.2, 0) is 26.4 Å². The fourth-order valence-corrected chi connectivity index (χ4v) is 2.97. The molecular weight excluding hydrogens is 234 g/mol. The van der Waals surface area contributed by atoms with Crippen LogP contribution in [0.1, 0.15) is 29.7 Å². The Kier molecular flexibility index (Phi) is 3.38. The van der Waals surface area contributed by atoms with Crippen LogP contribution in [0.5, 0.6) is 0 Å². The number of rotatable bonds is 3. The van der Waals surface area contributed by atoms with Gasteiger partial charge in [-0.25, -0.2) is 0 Å². The molecule has 1 aliphatic rings. The highest BCUT2D eigenvalue weighted by Gasteiger charge is 2.13. The van der Waals surface area contributed by atoms with Crippen LogP contribution in [-0.4, -0.2) is 16.8 Å². The van der Waals surface area contributed by atoms with Crippen molar-refractivity contribution in [2.24, 2.45) is 7.05 Å². The van der Waals surface area contributed by atoms with Crippen LogP contribution < -0.4 is 5.32 Å². The van der Waals surface area contributed by atoms with Gasteiger partial charge in [-0.2, -0.15) is 5.10 Å². The molecule has 0 aliphatic heterocycles. The van der Waals surface area contributed by atoms with E-state index >= 15 is 0 Å². The van der Waals surface area contributed by atoms with E-state index in [0.29, 0.717) is 0 Å². The van der Waals surface area contributed by atoms with Crippen molar-refractivity contribution in [2.45, 2.75) is 32.2 Å². The van der Waals surface area contributed by atoms with E-state index < -0.39 is 0 Å². The number of nitrogens with one attached hydrogen (secondary N) is 1. The van der Waals surface area contributed by atoms with E-state index in [9.17, 15) is 0 Å². The summed E-state index contributed by atoms with van der Waals surface area (Å²) in [7, 11) is 3.95. The number of aryl methyl sites for hydroxylation is 3. The van der Waals surface area contributed by atoms with Crippen molar-refractivity contribution >= 4 is 0 Å². The predicted molar refractivity (Wildman–Crippen MR) is 78.0 cm³/mol. The summed E-state index contributed by atoms with van der Waals surface area (Å²) in [6.07, 6.45) is 7.26. The number of hydrogen-bond acceptors (Lipinski definition) is 2. The minimum atomic E-state index is 0.813. The molecule has 3 rings (SSSR count). The van der Waals surface area contributed by atoms with Gasteiger partial charge in [-0.15, -0.1) is 0 Å². The Hall–Kier alpha value is -1.61. The van der Waals surface area contributed by atoms with Gasteiger partial charge in [0.15, 0.2) is 0 Å². The predicted octanol–water partition coefficient (Wildman–Crippen LogP) is 2.69. The van der Waals surface area contributed by atoms with Crippen LogP contribution in [0.15, 0.2) is 24.4 Å². The van der Waals surface area contributed by atoms with Crippen molar-refractivity contribution in [1.82, 2.24) is 15.1 Å². The monoisotopic (exact) mass is 255 g/mol. The maximum Gasteiger partial charge on any atom is 0.0840 e. The van der Waals surface area contributed by atoms with Crippen LogP contribution in [0.4, 0.5) is 0 Å². The average Bonchev–Trinajstić information content (AvgIpc) is 2.80. The van der Waals surface area contributed by atoms with E-state index in [2.05, 4.69) is 34.8 Å². The normalized spacial score (nSPS) is 14.4. The molecule has 1 N–H and O–H groups in total. The summed E-state index contributed by atoms with van der Waals surface area (Å²) in [5.41, 5.74) is 6.75. The van der Waals surface area contributed by atoms with Crippen molar-refractivity contribution in [2.75, 3.05) is 7.05 Å². The van der Waals surface area contributed by atoms with Crippen LogP contribution in [0.3, 0.4) is 0 Å². The van der Waals surface area contributed by atoms with Crippen molar-refractivity contribution in [1.29, 1.82) is 0 Å². The Balaban J connectivity index is 2.01. The zero-order valence-electron chi connectivity index (χ0n) is 11.7. The molecule has 1 heterocycles. The molecule has 0 atom stereocenters. The minimum absolute atomic E-state index is 0.813. The molecule has 0 spiro atoms. The second kappa shape index (κ2) is 5.17. The number of aromatic nitrogens is 2. The third-order valence-corrected chi connectivity index (χ3v) is 3.91. The van der Waals surface area contributed by atoms with E-state index in [4.69, 9.17) is 0 Å². The lowest BCUT2D eigenvalue weighted by Crippen LogP contribution is -2.07. The van der Waals surface area contributed by atoms with Gasteiger partial charge >= 0.3 is 0 Å². The SMILES string of the molecule is CNCc1nn(C)cc1-c1ccc2c(c1)CCCC2. The summed E-state index contributed by atoms with van der Waals surface area (Å²) in [5.74, 6) is 0. The lowest BCUT2D eigenvalue weighted by Gasteiger charge is -2.16. The molecule has 3 nitrogen and oxygen atoms in total. The Morgan fingerprint density at radius 2 is 2.00 bits per heavy atom. The minimum Gasteiger partial charge on any atom is -0.314 e. The maximum atomic E-state index is 4.54. The lowest BCUT2D eigenvalue weighted by molar-refractivity contribution is 0.686. The molecule has 0 fully saturated rings. The molecule has 3 heteroatoms. The maximum absolute atomic E-state index is 4.54. The highest BCUT2D eigenvalue weighted by molar-refractivity contribution is 5.67. The zero-order chi connectivity index (χ0) is 13.2. The largest absolute Gasteiger partial charge is 0.314 e. The van der Waals surface area contributed by atoms with Crippen molar-refractivity contribution in [3.05, 3.63) is 41.2 Å². The first-order chi connectivity index (χ1) is 9.28. The van der Waals surface area contributed by atoms with E-state index in [0.717, 1.165) is 12.2 Å². The van der Waals surface area contributed by atoms with Gasteiger partial charge in [-0.1, -0.05) is 18.2 Å². The standard InChI is InChI=1S/C16H21N3/c1-17-10-16-15(11-19(2)18-16)14-8-7-12-5-3-4-6-13(12)9-14/h7-9,11,17H,3-6,10H2,1-2H3. The summed E-state index contributed by atoms with van der Waals surface area (Å²) < 4.78 is 1.90. The molecule has 0 bridgehead atoms. The van der Waals surface area contributed by atoms with Crippen molar-refractivity contribution in [3.8, 4) is 11.1 Å². The van der Waals surface area contributed by atoms with Gasteiger partial charge in [0.1, 0.15) is 0 Å². The van der Waals surface area contributed by atoms with Gasteiger partial charge in [0.05, 0.1) is 5.69 Å². The summed E-state index contributed by atoms with van der Waals surface area (Å²) in [6.45, 7) is 0.813. The molecular formula is C16H21N3. The molecule has 19 heavy (non-hydrogen) atoms. The lowest BCUT2D eigenvalue weighted by atomic mass is 9.89. The van der Waals surface area contributed by atoms with Gasteiger partial charge in [0.25, 0.3) is 0 Å².